The average molecular weight is 621 g/mol. The lowest BCUT2D eigenvalue weighted by atomic mass is 9.77. The molecule has 1 aromatic carbocycles. The van der Waals surface area contributed by atoms with Crippen LogP contribution >= 0.6 is 23.4 Å². The fourth-order valence-electron chi connectivity index (χ4n) is 5.54. The normalized spacial score (nSPS) is 23.7. The van der Waals surface area contributed by atoms with Crippen LogP contribution in [0, 0.1) is 5.82 Å². The number of thioether (sulfide) groups is 1. The van der Waals surface area contributed by atoms with Crippen molar-refractivity contribution >= 4 is 47.2 Å². The van der Waals surface area contributed by atoms with Crippen LogP contribution in [0.5, 0.6) is 0 Å². The molecule has 10 nitrogen and oxygen atoms in total. The number of nitrogens with zero attached hydrogens (tertiary/aromatic N) is 3. The number of piperazine rings is 1. The Hall–Kier alpha value is -3.35. The summed E-state index contributed by atoms with van der Waals surface area (Å²) in [6.07, 6.45) is 1.29. The average Bonchev–Trinajstić information content (AvgIpc) is 3.14. The molecule has 0 aliphatic carbocycles. The Balaban J connectivity index is 1.78. The molecule has 2 fully saturated rings. The molecule has 2 saturated heterocycles. The zero-order valence-corrected chi connectivity index (χ0v) is 25.7. The van der Waals surface area contributed by atoms with Crippen molar-refractivity contribution in [3.05, 3.63) is 68.8 Å². The molecule has 3 aliphatic rings. The zero-order valence-electron chi connectivity index (χ0n) is 24.2. The highest BCUT2D eigenvalue weighted by molar-refractivity contribution is 8.06. The molecule has 2 atom stereocenters. The Morgan fingerprint density at radius 3 is 2.69 bits per heavy atom. The minimum Gasteiger partial charge on any atom is -0.469 e. The van der Waals surface area contributed by atoms with E-state index in [2.05, 4.69) is 11.9 Å². The number of carbonyl (C=O) groups is 3. The van der Waals surface area contributed by atoms with E-state index in [0.717, 1.165) is 0 Å². The van der Waals surface area contributed by atoms with Gasteiger partial charge < -0.3 is 19.5 Å². The lowest BCUT2D eigenvalue weighted by Gasteiger charge is -2.49. The van der Waals surface area contributed by atoms with Gasteiger partial charge in [-0.2, -0.15) is 0 Å². The third-order valence-electron chi connectivity index (χ3n) is 7.77. The summed E-state index contributed by atoms with van der Waals surface area (Å²) in [5, 5.41) is 5.22. The number of halogens is 2. The fraction of sp³-hybridized carbons (Fsp3) is 0.448. The standard InChI is InChI=1S/C29H34ClFN4O6S/c1-7-12-42-17(2)25-32-21(23(26(37)40-6)24(33-25)19-9-8-18(31)13-20(19)30)15-34-10-11-35-27(38)41-28(3,4)29(35,16-34)14-22(36)39-5/h7-9,12-13,24H,2,10-11,14-16H2,1,3-6H3,(H,32,33)/b12-7-/t24-,29+/m0/s1. The van der Waals surface area contributed by atoms with Gasteiger partial charge in [0.05, 0.1) is 26.2 Å². The molecule has 1 amide bonds. The first-order valence-corrected chi connectivity index (χ1v) is 14.5. The van der Waals surface area contributed by atoms with E-state index in [1.165, 1.54) is 44.2 Å². The number of aliphatic imine (C=N–C) groups is 1. The molecule has 0 spiro atoms. The van der Waals surface area contributed by atoms with Crippen LogP contribution in [0.15, 0.2) is 57.4 Å². The fourth-order valence-corrected chi connectivity index (χ4v) is 6.33. The lowest BCUT2D eigenvalue weighted by Crippen LogP contribution is -2.67. The number of hydrogen-bond acceptors (Lipinski definition) is 10. The van der Waals surface area contributed by atoms with Crippen molar-refractivity contribution in [3.63, 3.8) is 0 Å². The van der Waals surface area contributed by atoms with Crippen LogP contribution in [0.25, 0.3) is 0 Å². The maximum atomic E-state index is 14.0. The summed E-state index contributed by atoms with van der Waals surface area (Å²) in [7, 11) is 2.57. The summed E-state index contributed by atoms with van der Waals surface area (Å²) in [5.74, 6) is -1.23. The van der Waals surface area contributed by atoms with Crippen molar-refractivity contribution in [1.29, 1.82) is 0 Å². The van der Waals surface area contributed by atoms with E-state index in [0.29, 0.717) is 28.5 Å². The molecule has 4 rings (SSSR count). The molecule has 0 bridgehead atoms. The first-order chi connectivity index (χ1) is 19.9. The monoisotopic (exact) mass is 620 g/mol. The predicted octanol–water partition coefficient (Wildman–Crippen LogP) is 4.58. The topological polar surface area (TPSA) is 110 Å². The van der Waals surface area contributed by atoms with E-state index in [4.69, 9.17) is 30.8 Å². The number of hydrogen-bond donors (Lipinski definition) is 1. The van der Waals surface area contributed by atoms with Crippen LogP contribution < -0.4 is 5.32 Å². The molecule has 226 valence electrons. The van der Waals surface area contributed by atoms with Gasteiger partial charge in [0.2, 0.25) is 0 Å². The van der Waals surface area contributed by atoms with Gasteiger partial charge in [-0.05, 0) is 38.3 Å². The molecule has 1 aromatic rings. The van der Waals surface area contributed by atoms with Gasteiger partial charge in [-0.1, -0.05) is 42.1 Å². The molecule has 0 unspecified atom stereocenters. The van der Waals surface area contributed by atoms with Crippen molar-refractivity contribution in [2.75, 3.05) is 40.4 Å². The molecule has 3 heterocycles. The van der Waals surface area contributed by atoms with Crippen LogP contribution in [0.4, 0.5) is 9.18 Å². The van der Waals surface area contributed by atoms with Gasteiger partial charge in [0.25, 0.3) is 0 Å². The third kappa shape index (κ3) is 5.93. The van der Waals surface area contributed by atoms with E-state index >= 15 is 0 Å². The van der Waals surface area contributed by atoms with Gasteiger partial charge >= 0.3 is 18.0 Å². The molecular weight excluding hydrogens is 587 g/mol. The van der Waals surface area contributed by atoms with Crippen LogP contribution in [-0.4, -0.2) is 85.2 Å². The molecule has 0 radical (unpaired) electrons. The van der Waals surface area contributed by atoms with Crippen molar-refractivity contribution in [2.45, 2.75) is 44.4 Å². The molecule has 0 saturated carbocycles. The number of amidine groups is 1. The number of allylic oxidation sites excluding steroid dienone is 1. The Morgan fingerprint density at radius 2 is 2.05 bits per heavy atom. The number of fused-ring (bicyclic) bond motifs is 1. The van der Waals surface area contributed by atoms with Gasteiger partial charge in [0.1, 0.15) is 28.8 Å². The number of methoxy groups -OCH3 is 2. The van der Waals surface area contributed by atoms with Crippen molar-refractivity contribution in [3.8, 4) is 0 Å². The van der Waals surface area contributed by atoms with E-state index in [-0.39, 0.29) is 36.7 Å². The Bertz CT molecular complexity index is 1400. The van der Waals surface area contributed by atoms with Crippen LogP contribution in [0.2, 0.25) is 5.02 Å². The number of rotatable bonds is 9. The zero-order chi connectivity index (χ0) is 30.8. The number of benzene rings is 1. The maximum Gasteiger partial charge on any atom is 0.411 e. The molecule has 3 aliphatic heterocycles. The molecule has 13 heteroatoms. The number of amides is 1. The Kier molecular flexibility index (Phi) is 9.39. The second kappa shape index (κ2) is 12.5. The van der Waals surface area contributed by atoms with Crippen LogP contribution in [0.3, 0.4) is 0 Å². The molecule has 42 heavy (non-hydrogen) atoms. The number of carbonyl (C=O) groups excluding carboxylic acids is 3. The van der Waals surface area contributed by atoms with E-state index in [1.807, 2.05) is 23.3 Å². The third-order valence-corrected chi connectivity index (χ3v) is 8.98. The van der Waals surface area contributed by atoms with Crippen molar-refractivity contribution in [2.24, 2.45) is 4.99 Å². The summed E-state index contributed by atoms with van der Waals surface area (Å²) < 4.78 is 29.8. The SMILES string of the molecule is C=C(S/C=C\C)C1=N[C@@H](c2ccc(F)cc2Cl)C(C(=O)OC)=C(CN2CCN3C(=O)OC(C)(C)[C@@]3(CC(=O)OC)C2)N1. The Morgan fingerprint density at radius 1 is 1.31 bits per heavy atom. The van der Waals surface area contributed by atoms with Crippen LogP contribution in [0.1, 0.15) is 38.8 Å². The quantitative estimate of drug-likeness (QED) is 0.313. The summed E-state index contributed by atoms with van der Waals surface area (Å²) in [6, 6.07) is 3.00. The summed E-state index contributed by atoms with van der Waals surface area (Å²) in [6.45, 7) is 10.7. The summed E-state index contributed by atoms with van der Waals surface area (Å²) in [5.41, 5.74) is -0.935. The lowest BCUT2D eigenvalue weighted by molar-refractivity contribution is -0.147. The van der Waals surface area contributed by atoms with Crippen LogP contribution in [-0.2, 0) is 23.8 Å². The number of ether oxygens (including phenoxy) is 3. The van der Waals surface area contributed by atoms with E-state index < -0.39 is 41.0 Å². The molecule has 0 aromatic heterocycles. The number of cyclic esters (lactones) is 1. The van der Waals surface area contributed by atoms with E-state index in [9.17, 15) is 18.8 Å². The summed E-state index contributed by atoms with van der Waals surface area (Å²) in [4.78, 5) is 47.7. The van der Waals surface area contributed by atoms with Gasteiger partial charge in [-0.3, -0.25) is 19.6 Å². The predicted molar refractivity (Wildman–Crippen MR) is 158 cm³/mol. The smallest absolute Gasteiger partial charge is 0.411 e. The van der Waals surface area contributed by atoms with Gasteiger partial charge in [0, 0.05) is 47.4 Å². The summed E-state index contributed by atoms with van der Waals surface area (Å²) >= 11 is 7.81. The van der Waals surface area contributed by atoms with Gasteiger partial charge in [-0.15, -0.1) is 0 Å². The molecular formula is C29H34ClFN4O6S. The Labute approximate surface area is 253 Å². The van der Waals surface area contributed by atoms with E-state index in [1.54, 1.807) is 18.7 Å². The van der Waals surface area contributed by atoms with Crippen molar-refractivity contribution < 1.29 is 33.0 Å². The second-order valence-electron chi connectivity index (χ2n) is 10.6. The van der Waals surface area contributed by atoms with Crippen molar-refractivity contribution in [1.82, 2.24) is 15.1 Å². The molecule has 1 N–H and O–H groups in total. The largest absolute Gasteiger partial charge is 0.469 e. The highest BCUT2D eigenvalue weighted by atomic mass is 35.5. The highest BCUT2D eigenvalue weighted by Gasteiger charge is 2.63. The first kappa shape index (κ1) is 31.6. The highest BCUT2D eigenvalue weighted by Crippen LogP contribution is 2.45. The number of esters is 2. The minimum absolute atomic E-state index is 0.0770. The number of nitrogens with one attached hydrogen (secondary N) is 1. The van der Waals surface area contributed by atoms with Gasteiger partial charge in [0.15, 0.2) is 0 Å². The first-order valence-electron chi connectivity index (χ1n) is 13.3. The maximum absolute atomic E-state index is 14.0. The second-order valence-corrected chi connectivity index (χ2v) is 12.0. The minimum atomic E-state index is -1.02. The van der Waals surface area contributed by atoms with Gasteiger partial charge in [-0.25, -0.2) is 14.0 Å².